The van der Waals surface area contributed by atoms with Crippen molar-refractivity contribution in [3.63, 3.8) is 0 Å². The molecule has 0 N–H and O–H groups in total. The maximum atomic E-state index is 5.72. The number of rotatable bonds is 3. The third kappa shape index (κ3) is 2.40. The average Bonchev–Trinajstić information content (AvgIpc) is 2.97. The second-order valence-corrected chi connectivity index (χ2v) is 4.51. The number of aryl methyl sites for hydroxylation is 1. The maximum Gasteiger partial charge on any atom is 0.248 e. The fourth-order valence-corrected chi connectivity index (χ4v) is 1.97. The lowest BCUT2D eigenvalue weighted by atomic mass is 10.1. The second kappa shape index (κ2) is 5.17. The van der Waals surface area contributed by atoms with Crippen LogP contribution >= 0.6 is 0 Å². The molecule has 0 bridgehead atoms. The van der Waals surface area contributed by atoms with Gasteiger partial charge in [0.2, 0.25) is 11.8 Å². The molecule has 0 saturated carbocycles. The molecule has 20 heavy (non-hydrogen) atoms. The van der Waals surface area contributed by atoms with Gasteiger partial charge in [-0.3, -0.25) is 0 Å². The van der Waals surface area contributed by atoms with Crippen LogP contribution in [0.3, 0.4) is 0 Å². The van der Waals surface area contributed by atoms with Gasteiger partial charge >= 0.3 is 0 Å². The van der Waals surface area contributed by atoms with Gasteiger partial charge in [-0.2, -0.15) is 0 Å². The van der Waals surface area contributed by atoms with E-state index in [0.29, 0.717) is 11.8 Å². The van der Waals surface area contributed by atoms with Crippen LogP contribution in [0.25, 0.3) is 22.9 Å². The maximum absolute atomic E-state index is 5.72. The van der Waals surface area contributed by atoms with Crippen LogP contribution in [0.2, 0.25) is 0 Å². The van der Waals surface area contributed by atoms with E-state index in [1.807, 2.05) is 55.5 Å². The van der Waals surface area contributed by atoms with Crippen LogP contribution in [0.15, 0.2) is 52.9 Å². The van der Waals surface area contributed by atoms with Crippen molar-refractivity contribution in [3.05, 3.63) is 54.1 Å². The van der Waals surface area contributed by atoms with E-state index in [0.717, 1.165) is 22.4 Å². The van der Waals surface area contributed by atoms with E-state index in [4.69, 9.17) is 9.15 Å². The molecule has 3 rings (SSSR count). The van der Waals surface area contributed by atoms with Crippen LogP contribution in [-0.2, 0) is 0 Å². The van der Waals surface area contributed by atoms with Gasteiger partial charge < -0.3 is 9.15 Å². The molecule has 0 radical (unpaired) electrons. The number of benzene rings is 2. The summed E-state index contributed by atoms with van der Waals surface area (Å²) in [5, 5.41) is 8.19. The summed E-state index contributed by atoms with van der Waals surface area (Å²) in [5.74, 6) is 1.83. The smallest absolute Gasteiger partial charge is 0.248 e. The zero-order chi connectivity index (χ0) is 13.9. The molecule has 0 unspecified atom stereocenters. The Bertz CT molecular complexity index is 717. The molecule has 0 spiro atoms. The van der Waals surface area contributed by atoms with Crippen molar-refractivity contribution in [1.82, 2.24) is 10.2 Å². The molecule has 1 aromatic heterocycles. The number of ether oxygens (including phenoxy) is 1. The van der Waals surface area contributed by atoms with Crippen LogP contribution < -0.4 is 4.74 Å². The van der Waals surface area contributed by atoms with Gasteiger partial charge in [0.05, 0.1) is 7.11 Å². The van der Waals surface area contributed by atoms with Crippen LogP contribution in [0.1, 0.15) is 5.56 Å². The van der Waals surface area contributed by atoms with E-state index in [2.05, 4.69) is 10.2 Å². The molecule has 0 amide bonds. The molecule has 0 aliphatic carbocycles. The third-order valence-corrected chi connectivity index (χ3v) is 3.03. The van der Waals surface area contributed by atoms with Crippen LogP contribution in [0.4, 0.5) is 0 Å². The van der Waals surface area contributed by atoms with Crippen molar-refractivity contribution in [3.8, 4) is 28.7 Å². The normalized spacial score (nSPS) is 10.5. The highest BCUT2D eigenvalue weighted by Gasteiger charge is 2.10. The standard InChI is InChI=1S/C16H14N2O2/c1-11-4-3-5-13(10-11)16-18-17-15(20-16)12-6-8-14(19-2)9-7-12/h3-10H,1-2H3. The number of aromatic nitrogens is 2. The van der Waals surface area contributed by atoms with Crippen molar-refractivity contribution in [2.45, 2.75) is 6.92 Å². The first-order chi connectivity index (χ1) is 9.76. The van der Waals surface area contributed by atoms with Crippen molar-refractivity contribution in [2.24, 2.45) is 0 Å². The van der Waals surface area contributed by atoms with Gasteiger partial charge in [0, 0.05) is 11.1 Å². The van der Waals surface area contributed by atoms with Gasteiger partial charge in [-0.1, -0.05) is 17.7 Å². The highest BCUT2D eigenvalue weighted by Crippen LogP contribution is 2.25. The van der Waals surface area contributed by atoms with Gasteiger partial charge in [-0.05, 0) is 43.3 Å². The Kier molecular flexibility index (Phi) is 3.21. The molecule has 100 valence electrons. The van der Waals surface area contributed by atoms with Gasteiger partial charge in [0.25, 0.3) is 0 Å². The summed E-state index contributed by atoms with van der Waals surface area (Å²) in [6, 6.07) is 15.5. The van der Waals surface area contributed by atoms with Crippen molar-refractivity contribution >= 4 is 0 Å². The SMILES string of the molecule is COc1ccc(-c2nnc(-c3cccc(C)c3)o2)cc1. The topological polar surface area (TPSA) is 48.2 Å². The molecular weight excluding hydrogens is 252 g/mol. The Labute approximate surface area is 117 Å². The fraction of sp³-hybridized carbons (Fsp3) is 0.125. The van der Waals surface area contributed by atoms with Gasteiger partial charge in [-0.15, -0.1) is 10.2 Å². The number of hydrogen-bond acceptors (Lipinski definition) is 4. The highest BCUT2D eigenvalue weighted by atomic mass is 16.5. The number of methoxy groups -OCH3 is 1. The lowest BCUT2D eigenvalue weighted by Gasteiger charge is -1.99. The molecule has 1 heterocycles. The van der Waals surface area contributed by atoms with Crippen molar-refractivity contribution in [2.75, 3.05) is 7.11 Å². The molecule has 4 heteroatoms. The van der Waals surface area contributed by atoms with Gasteiger partial charge in [0.1, 0.15) is 5.75 Å². The second-order valence-electron chi connectivity index (χ2n) is 4.51. The Morgan fingerprint density at radius 1 is 0.900 bits per heavy atom. The van der Waals surface area contributed by atoms with Gasteiger partial charge in [0.15, 0.2) is 0 Å². The average molecular weight is 266 g/mol. The lowest BCUT2D eigenvalue weighted by molar-refractivity contribution is 0.415. The third-order valence-electron chi connectivity index (χ3n) is 3.03. The minimum Gasteiger partial charge on any atom is -0.497 e. The summed E-state index contributed by atoms with van der Waals surface area (Å²) in [6.07, 6.45) is 0. The summed E-state index contributed by atoms with van der Waals surface area (Å²) < 4.78 is 10.8. The Balaban J connectivity index is 1.93. The fourth-order valence-electron chi connectivity index (χ4n) is 1.97. The largest absolute Gasteiger partial charge is 0.497 e. The number of nitrogens with zero attached hydrogens (tertiary/aromatic N) is 2. The summed E-state index contributed by atoms with van der Waals surface area (Å²) in [5.41, 5.74) is 2.96. The minimum absolute atomic E-state index is 0.504. The first kappa shape index (κ1) is 12.4. The summed E-state index contributed by atoms with van der Waals surface area (Å²) in [7, 11) is 1.64. The van der Waals surface area contributed by atoms with Crippen LogP contribution in [-0.4, -0.2) is 17.3 Å². The molecule has 0 saturated heterocycles. The van der Waals surface area contributed by atoms with Crippen molar-refractivity contribution < 1.29 is 9.15 Å². The van der Waals surface area contributed by atoms with E-state index >= 15 is 0 Å². The Morgan fingerprint density at radius 3 is 2.25 bits per heavy atom. The van der Waals surface area contributed by atoms with E-state index < -0.39 is 0 Å². The number of hydrogen-bond donors (Lipinski definition) is 0. The monoisotopic (exact) mass is 266 g/mol. The predicted octanol–water partition coefficient (Wildman–Crippen LogP) is 3.72. The van der Waals surface area contributed by atoms with Crippen LogP contribution in [0, 0.1) is 6.92 Å². The summed E-state index contributed by atoms with van der Waals surface area (Å²) in [6.45, 7) is 2.03. The van der Waals surface area contributed by atoms with Crippen molar-refractivity contribution in [1.29, 1.82) is 0 Å². The van der Waals surface area contributed by atoms with E-state index in [1.54, 1.807) is 7.11 Å². The summed E-state index contributed by atoms with van der Waals surface area (Å²) in [4.78, 5) is 0. The zero-order valence-electron chi connectivity index (χ0n) is 11.3. The van der Waals surface area contributed by atoms with E-state index in [9.17, 15) is 0 Å². The molecule has 4 nitrogen and oxygen atoms in total. The quantitative estimate of drug-likeness (QED) is 0.725. The van der Waals surface area contributed by atoms with Gasteiger partial charge in [-0.25, -0.2) is 0 Å². The first-order valence-electron chi connectivity index (χ1n) is 6.31. The first-order valence-corrected chi connectivity index (χ1v) is 6.31. The summed E-state index contributed by atoms with van der Waals surface area (Å²) >= 11 is 0. The Morgan fingerprint density at radius 2 is 1.60 bits per heavy atom. The molecule has 0 aliphatic heterocycles. The van der Waals surface area contributed by atoms with Crippen LogP contribution in [0.5, 0.6) is 5.75 Å². The molecule has 0 aliphatic rings. The molecular formula is C16H14N2O2. The lowest BCUT2D eigenvalue weighted by Crippen LogP contribution is -1.82. The molecule has 2 aromatic carbocycles. The van der Waals surface area contributed by atoms with E-state index in [1.165, 1.54) is 0 Å². The minimum atomic E-state index is 0.504. The molecule has 0 fully saturated rings. The predicted molar refractivity (Wildman–Crippen MR) is 76.5 cm³/mol. The highest BCUT2D eigenvalue weighted by molar-refractivity contribution is 5.59. The zero-order valence-corrected chi connectivity index (χ0v) is 11.3. The molecule has 0 atom stereocenters. The van der Waals surface area contributed by atoms with E-state index in [-0.39, 0.29) is 0 Å². The Hall–Kier alpha value is -2.62. The molecule has 3 aromatic rings.